The largest absolute Gasteiger partial charge is 0.467 e. The highest BCUT2D eigenvalue weighted by Crippen LogP contribution is 2.22. The molecule has 1 atom stereocenters. The summed E-state index contributed by atoms with van der Waals surface area (Å²) in [4.78, 5) is 25.0. The van der Waals surface area contributed by atoms with E-state index in [2.05, 4.69) is 21.8 Å². The molecule has 2 heterocycles. The fraction of sp³-hybridized carbons (Fsp3) is 0.450. The normalized spacial score (nSPS) is 16.9. The van der Waals surface area contributed by atoms with Crippen LogP contribution in [0.1, 0.15) is 25.5 Å². The molecular formula is C20H25FN4O2. The lowest BCUT2D eigenvalue weighted by atomic mass is 10.0. The molecule has 0 aliphatic carbocycles. The molecule has 0 bridgehead atoms. The highest BCUT2D eigenvalue weighted by atomic mass is 19.1. The Morgan fingerprint density at radius 3 is 2.78 bits per heavy atom. The van der Waals surface area contributed by atoms with Gasteiger partial charge < -0.3 is 14.5 Å². The van der Waals surface area contributed by atoms with Gasteiger partial charge in [-0.15, -0.1) is 0 Å². The molecule has 1 unspecified atom stereocenters. The van der Waals surface area contributed by atoms with E-state index in [1.54, 1.807) is 25.2 Å². The number of likely N-dealkylation sites (N-methyl/N-ethyl adjacent to an activating group) is 1. The van der Waals surface area contributed by atoms with Gasteiger partial charge in [-0.25, -0.2) is 9.37 Å². The third-order valence-corrected chi connectivity index (χ3v) is 4.69. The van der Waals surface area contributed by atoms with Crippen molar-refractivity contribution in [3.63, 3.8) is 0 Å². The highest BCUT2D eigenvalue weighted by molar-refractivity contribution is 5.93. The summed E-state index contributed by atoms with van der Waals surface area (Å²) in [6, 6.07) is 7.47. The van der Waals surface area contributed by atoms with Crippen molar-refractivity contribution < 1.29 is 13.9 Å². The predicted molar refractivity (Wildman–Crippen MR) is 103 cm³/mol. The predicted octanol–water partition coefficient (Wildman–Crippen LogP) is 3.20. The number of anilines is 2. The number of amides is 1. The lowest BCUT2D eigenvalue weighted by Crippen LogP contribution is -2.35. The molecule has 0 radical (unpaired) electrons. The first kappa shape index (κ1) is 19.1. The zero-order valence-corrected chi connectivity index (χ0v) is 16.0. The molecule has 144 valence electrons. The molecule has 27 heavy (non-hydrogen) atoms. The maximum atomic E-state index is 13.0. The van der Waals surface area contributed by atoms with Gasteiger partial charge in [-0.2, -0.15) is 4.98 Å². The summed E-state index contributed by atoms with van der Waals surface area (Å²) in [5.74, 6) is 1.06. The molecule has 3 rings (SSSR count). The number of rotatable bonds is 5. The Balaban J connectivity index is 1.65. The van der Waals surface area contributed by atoms with E-state index in [0.717, 1.165) is 25.2 Å². The number of piperidine rings is 1. The second-order valence-corrected chi connectivity index (χ2v) is 7.06. The fourth-order valence-electron chi connectivity index (χ4n) is 3.15. The Hall–Kier alpha value is -2.70. The Morgan fingerprint density at radius 1 is 1.33 bits per heavy atom. The van der Waals surface area contributed by atoms with Gasteiger partial charge in [-0.3, -0.25) is 4.79 Å². The van der Waals surface area contributed by atoms with Gasteiger partial charge in [0.05, 0.1) is 0 Å². The van der Waals surface area contributed by atoms with Gasteiger partial charge >= 0.3 is 0 Å². The maximum absolute atomic E-state index is 13.0. The first-order valence-corrected chi connectivity index (χ1v) is 9.18. The van der Waals surface area contributed by atoms with Gasteiger partial charge in [0, 0.05) is 37.6 Å². The molecule has 1 amide bonds. The third kappa shape index (κ3) is 4.93. The van der Waals surface area contributed by atoms with Crippen LogP contribution in [0.25, 0.3) is 0 Å². The van der Waals surface area contributed by atoms with Crippen LogP contribution in [0.2, 0.25) is 0 Å². The Bertz CT molecular complexity index is 797. The lowest BCUT2D eigenvalue weighted by Gasteiger charge is -2.31. The molecule has 7 heteroatoms. The monoisotopic (exact) mass is 372 g/mol. The number of hydrogen-bond donors (Lipinski definition) is 0. The number of benzene rings is 1. The van der Waals surface area contributed by atoms with E-state index in [1.807, 2.05) is 6.92 Å². The van der Waals surface area contributed by atoms with Crippen LogP contribution in [-0.2, 0) is 4.79 Å². The van der Waals surface area contributed by atoms with E-state index in [1.165, 1.54) is 23.5 Å². The number of aromatic nitrogens is 2. The minimum absolute atomic E-state index is 0.153. The van der Waals surface area contributed by atoms with Crippen LogP contribution in [0.3, 0.4) is 0 Å². The van der Waals surface area contributed by atoms with Crippen LogP contribution in [0.4, 0.5) is 16.0 Å². The molecule has 1 fully saturated rings. The van der Waals surface area contributed by atoms with Gasteiger partial charge in [0.2, 0.25) is 11.8 Å². The zero-order chi connectivity index (χ0) is 19.4. The van der Waals surface area contributed by atoms with Crippen molar-refractivity contribution in [1.29, 1.82) is 0 Å². The number of ether oxygens (including phenoxy) is 1. The van der Waals surface area contributed by atoms with Crippen molar-refractivity contribution in [3.8, 4) is 5.88 Å². The summed E-state index contributed by atoms with van der Waals surface area (Å²) >= 11 is 0. The molecule has 2 aromatic rings. The molecular weight excluding hydrogens is 347 g/mol. The van der Waals surface area contributed by atoms with Crippen LogP contribution in [0, 0.1) is 18.7 Å². The highest BCUT2D eigenvalue weighted by Gasteiger charge is 2.20. The third-order valence-electron chi connectivity index (χ3n) is 4.69. The van der Waals surface area contributed by atoms with Crippen molar-refractivity contribution in [2.75, 3.05) is 36.5 Å². The first-order valence-electron chi connectivity index (χ1n) is 9.18. The van der Waals surface area contributed by atoms with Crippen LogP contribution in [0.15, 0.2) is 30.3 Å². The summed E-state index contributed by atoms with van der Waals surface area (Å²) in [5, 5.41) is 0. The van der Waals surface area contributed by atoms with Crippen molar-refractivity contribution in [2.24, 2.45) is 5.92 Å². The molecule has 0 saturated carbocycles. The van der Waals surface area contributed by atoms with E-state index in [4.69, 9.17) is 4.74 Å². The van der Waals surface area contributed by atoms with Crippen molar-refractivity contribution in [3.05, 3.63) is 41.8 Å². The quantitative estimate of drug-likeness (QED) is 0.807. The molecule has 1 saturated heterocycles. The topological polar surface area (TPSA) is 58.6 Å². The van der Waals surface area contributed by atoms with E-state index >= 15 is 0 Å². The van der Waals surface area contributed by atoms with Crippen LogP contribution in [0.5, 0.6) is 5.88 Å². The maximum Gasteiger partial charge on any atom is 0.264 e. The molecule has 0 spiro atoms. The average Bonchev–Trinajstić information content (AvgIpc) is 2.66. The second-order valence-electron chi connectivity index (χ2n) is 7.06. The molecule has 1 aliphatic heterocycles. The van der Waals surface area contributed by atoms with Gasteiger partial charge in [-0.05, 0) is 49.9 Å². The van der Waals surface area contributed by atoms with E-state index < -0.39 is 0 Å². The van der Waals surface area contributed by atoms with Crippen LogP contribution >= 0.6 is 0 Å². The lowest BCUT2D eigenvalue weighted by molar-refractivity contribution is -0.120. The van der Waals surface area contributed by atoms with E-state index in [0.29, 0.717) is 23.4 Å². The Labute approximate surface area is 159 Å². The van der Waals surface area contributed by atoms with Crippen molar-refractivity contribution >= 4 is 17.5 Å². The summed E-state index contributed by atoms with van der Waals surface area (Å²) in [5.41, 5.74) is 1.40. The molecule has 1 aliphatic rings. The fourth-order valence-corrected chi connectivity index (χ4v) is 3.15. The molecule has 0 N–H and O–H groups in total. The van der Waals surface area contributed by atoms with E-state index in [-0.39, 0.29) is 18.3 Å². The smallest absolute Gasteiger partial charge is 0.264 e. The Morgan fingerprint density at radius 2 is 2.07 bits per heavy atom. The van der Waals surface area contributed by atoms with Crippen molar-refractivity contribution in [2.45, 2.75) is 26.7 Å². The molecule has 1 aromatic heterocycles. The van der Waals surface area contributed by atoms with E-state index in [9.17, 15) is 9.18 Å². The number of halogens is 1. The number of aryl methyl sites for hydroxylation is 1. The minimum atomic E-state index is -0.341. The summed E-state index contributed by atoms with van der Waals surface area (Å²) in [6.45, 7) is 5.82. The van der Waals surface area contributed by atoms with Gasteiger partial charge in [0.15, 0.2) is 6.61 Å². The summed E-state index contributed by atoms with van der Waals surface area (Å²) in [7, 11) is 1.63. The van der Waals surface area contributed by atoms with Crippen LogP contribution in [-0.4, -0.2) is 42.6 Å². The SMILES string of the molecule is Cc1cc(OCC(=O)N(C)c2ccc(F)cc2)nc(N2CCCC(C)C2)n1. The second kappa shape index (κ2) is 8.33. The molecule has 6 nitrogen and oxygen atoms in total. The number of nitrogens with zero attached hydrogens (tertiary/aromatic N) is 4. The average molecular weight is 372 g/mol. The number of hydrogen-bond acceptors (Lipinski definition) is 5. The Kier molecular flexibility index (Phi) is 5.88. The minimum Gasteiger partial charge on any atom is -0.467 e. The standard InChI is InChI=1S/C20H25FN4O2/c1-14-5-4-10-25(12-14)20-22-15(2)11-18(23-20)27-13-19(26)24(3)17-8-6-16(21)7-9-17/h6-9,11,14H,4-5,10,12-13H2,1-3H3. The van der Waals surface area contributed by atoms with Gasteiger partial charge in [0.25, 0.3) is 5.91 Å². The van der Waals surface area contributed by atoms with Crippen LogP contribution < -0.4 is 14.5 Å². The van der Waals surface area contributed by atoms with Gasteiger partial charge in [0.1, 0.15) is 5.82 Å². The molecule has 1 aromatic carbocycles. The number of carbonyl (C=O) groups excluding carboxylic acids is 1. The van der Waals surface area contributed by atoms with Gasteiger partial charge in [-0.1, -0.05) is 6.92 Å². The first-order chi connectivity index (χ1) is 12.9. The summed E-state index contributed by atoms with van der Waals surface area (Å²) in [6.07, 6.45) is 2.34. The number of carbonyl (C=O) groups is 1. The summed E-state index contributed by atoms with van der Waals surface area (Å²) < 4.78 is 18.7. The zero-order valence-electron chi connectivity index (χ0n) is 16.0. The van der Waals surface area contributed by atoms with Crippen molar-refractivity contribution in [1.82, 2.24) is 9.97 Å².